The number of carbonyl (C=O) groups excluding carboxylic acids is 1. The number of anilines is 2. The molecular formula is C26H30FN5O. The van der Waals surface area contributed by atoms with Gasteiger partial charge in [-0.2, -0.15) is 0 Å². The fourth-order valence-corrected chi connectivity index (χ4v) is 5.47. The molecule has 3 aromatic rings. The van der Waals surface area contributed by atoms with Gasteiger partial charge in [-0.15, -0.1) is 0 Å². The maximum Gasteiger partial charge on any atom is 0.257 e. The molecule has 2 fully saturated rings. The van der Waals surface area contributed by atoms with Crippen LogP contribution in [0.4, 0.5) is 15.8 Å². The van der Waals surface area contributed by atoms with Gasteiger partial charge >= 0.3 is 0 Å². The summed E-state index contributed by atoms with van der Waals surface area (Å²) in [4.78, 5) is 24.2. The summed E-state index contributed by atoms with van der Waals surface area (Å²) in [6, 6.07) is 6.78. The maximum absolute atomic E-state index is 14.7. The third-order valence-electron chi connectivity index (χ3n) is 7.02. The lowest BCUT2D eigenvalue weighted by Crippen LogP contribution is -2.31. The van der Waals surface area contributed by atoms with Crippen LogP contribution in [-0.4, -0.2) is 35.0 Å². The van der Waals surface area contributed by atoms with Gasteiger partial charge in [-0.3, -0.25) is 14.8 Å². The van der Waals surface area contributed by atoms with E-state index in [0.717, 1.165) is 56.4 Å². The van der Waals surface area contributed by atoms with Crippen LogP contribution in [-0.2, 0) is 0 Å². The first-order chi connectivity index (χ1) is 16.0. The number of halogens is 1. The van der Waals surface area contributed by atoms with Crippen molar-refractivity contribution in [3.05, 3.63) is 59.8 Å². The zero-order chi connectivity index (χ0) is 22.9. The molecule has 1 saturated heterocycles. The highest BCUT2D eigenvalue weighted by Crippen LogP contribution is 2.38. The molecule has 2 aromatic heterocycles. The predicted molar refractivity (Wildman–Crippen MR) is 129 cm³/mol. The maximum atomic E-state index is 14.7. The van der Waals surface area contributed by atoms with Gasteiger partial charge in [-0.1, -0.05) is 6.92 Å². The Bertz CT molecular complexity index is 1170. The Morgan fingerprint density at radius 2 is 1.97 bits per heavy atom. The summed E-state index contributed by atoms with van der Waals surface area (Å²) in [7, 11) is 0. The van der Waals surface area contributed by atoms with Crippen LogP contribution in [0.2, 0.25) is 0 Å². The molecule has 3 heterocycles. The molecule has 0 bridgehead atoms. The van der Waals surface area contributed by atoms with Gasteiger partial charge in [0.2, 0.25) is 0 Å². The van der Waals surface area contributed by atoms with Gasteiger partial charge in [0.05, 0.1) is 34.8 Å². The molecule has 1 aromatic carbocycles. The summed E-state index contributed by atoms with van der Waals surface area (Å²) in [5.74, 6) is 0.116. The Hall–Kier alpha value is -3.06. The first-order valence-corrected chi connectivity index (χ1v) is 11.8. The van der Waals surface area contributed by atoms with Crippen LogP contribution in [0.15, 0.2) is 42.9 Å². The van der Waals surface area contributed by atoms with Crippen molar-refractivity contribution in [2.45, 2.75) is 51.0 Å². The van der Waals surface area contributed by atoms with Crippen molar-refractivity contribution in [2.24, 2.45) is 11.7 Å². The molecule has 33 heavy (non-hydrogen) atoms. The zero-order valence-electron chi connectivity index (χ0n) is 18.9. The summed E-state index contributed by atoms with van der Waals surface area (Å²) in [5.41, 5.74) is 9.63. The highest BCUT2D eigenvalue weighted by Gasteiger charge is 2.28. The van der Waals surface area contributed by atoms with E-state index in [0.29, 0.717) is 28.1 Å². The number of nitrogens with two attached hydrogens (primary N) is 1. The summed E-state index contributed by atoms with van der Waals surface area (Å²) in [6.07, 6.45) is 10.4. The minimum Gasteiger partial charge on any atom is -0.370 e. The van der Waals surface area contributed by atoms with Crippen LogP contribution in [0.1, 0.15) is 60.9 Å². The molecule has 6 nitrogen and oxygen atoms in total. The lowest BCUT2D eigenvalue weighted by Gasteiger charge is -2.32. The number of hydrogen-bond acceptors (Lipinski definition) is 5. The van der Waals surface area contributed by atoms with Gasteiger partial charge < -0.3 is 16.0 Å². The molecule has 2 aliphatic rings. The van der Waals surface area contributed by atoms with Crippen LogP contribution in [0.5, 0.6) is 0 Å². The molecule has 1 saturated carbocycles. The van der Waals surface area contributed by atoms with E-state index < -0.39 is 0 Å². The number of carbonyl (C=O) groups is 1. The van der Waals surface area contributed by atoms with E-state index in [-0.39, 0.29) is 23.7 Å². The van der Waals surface area contributed by atoms with Gasteiger partial charge in [0.1, 0.15) is 5.82 Å². The Balaban J connectivity index is 1.45. The highest BCUT2D eigenvalue weighted by molar-refractivity contribution is 6.12. The van der Waals surface area contributed by atoms with Crippen molar-refractivity contribution < 1.29 is 9.18 Å². The average Bonchev–Trinajstić information content (AvgIpc) is 3.34. The Labute approximate surface area is 193 Å². The second-order valence-corrected chi connectivity index (χ2v) is 9.57. The SMILES string of the molecule is CC1CC(N)CC(c2ccncc2NC(=O)c2ccc(F)c3cc(N4CCCC4)cnc23)C1. The molecule has 3 unspecified atom stereocenters. The lowest BCUT2D eigenvalue weighted by molar-refractivity contribution is 0.102. The normalized spacial score (nSPS) is 23.1. The van der Waals surface area contributed by atoms with Crippen molar-refractivity contribution in [3.8, 4) is 0 Å². The van der Waals surface area contributed by atoms with E-state index in [2.05, 4.69) is 27.1 Å². The largest absolute Gasteiger partial charge is 0.370 e. The topological polar surface area (TPSA) is 84.1 Å². The minimum absolute atomic E-state index is 0.158. The fraction of sp³-hybridized carbons (Fsp3) is 0.423. The van der Waals surface area contributed by atoms with E-state index in [1.807, 2.05) is 6.07 Å². The van der Waals surface area contributed by atoms with Crippen LogP contribution in [0.3, 0.4) is 0 Å². The van der Waals surface area contributed by atoms with Crippen molar-refractivity contribution in [1.29, 1.82) is 0 Å². The molecule has 0 radical (unpaired) electrons. The third kappa shape index (κ3) is 4.42. The minimum atomic E-state index is -0.373. The Kier molecular flexibility index (Phi) is 5.98. The first kappa shape index (κ1) is 21.8. The van der Waals surface area contributed by atoms with E-state index in [1.54, 1.807) is 24.7 Å². The Morgan fingerprint density at radius 1 is 1.15 bits per heavy atom. The second-order valence-electron chi connectivity index (χ2n) is 9.57. The smallest absolute Gasteiger partial charge is 0.257 e. The number of hydrogen-bond donors (Lipinski definition) is 2. The molecule has 5 rings (SSSR count). The number of fused-ring (bicyclic) bond motifs is 1. The molecule has 172 valence electrons. The molecule has 3 N–H and O–H groups in total. The van der Waals surface area contributed by atoms with Crippen molar-refractivity contribution in [2.75, 3.05) is 23.3 Å². The van der Waals surface area contributed by atoms with Crippen molar-refractivity contribution >= 4 is 28.2 Å². The number of nitrogens with zero attached hydrogens (tertiary/aromatic N) is 3. The average molecular weight is 448 g/mol. The van der Waals surface area contributed by atoms with E-state index in [1.165, 1.54) is 12.1 Å². The number of rotatable bonds is 4. The van der Waals surface area contributed by atoms with Crippen molar-refractivity contribution in [1.82, 2.24) is 9.97 Å². The van der Waals surface area contributed by atoms with E-state index >= 15 is 0 Å². The molecular weight excluding hydrogens is 417 g/mol. The molecule has 0 spiro atoms. The van der Waals surface area contributed by atoms with Crippen LogP contribution in [0, 0.1) is 11.7 Å². The zero-order valence-corrected chi connectivity index (χ0v) is 18.9. The summed E-state index contributed by atoms with van der Waals surface area (Å²) in [5, 5.41) is 3.39. The van der Waals surface area contributed by atoms with Gasteiger partial charge in [-0.05, 0) is 73.8 Å². The molecule has 1 amide bonds. The fourth-order valence-electron chi connectivity index (χ4n) is 5.47. The monoisotopic (exact) mass is 447 g/mol. The summed E-state index contributed by atoms with van der Waals surface area (Å²) < 4.78 is 14.7. The first-order valence-electron chi connectivity index (χ1n) is 11.8. The Morgan fingerprint density at radius 3 is 2.76 bits per heavy atom. The van der Waals surface area contributed by atoms with Gasteiger partial charge in [-0.25, -0.2) is 4.39 Å². The van der Waals surface area contributed by atoms with Gasteiger partial charge in [0.15, 0.2) is 0 Å². The molecule has 3 atom stereocenters. The predicted octanol–water partition coefficient (Wildman–Crippen LogP) is 4.85. The van der Waals surface area contributed by atoms with E-state index in [9.17, 15) is 9.18 Å². The third-order valence-corrected chi connectivity index (χ3v) is 7.02. The quantitative estimate of drug-likeness (QED) is 0.597. The lowest BCUT2D eigenvalue weighted by atomic mass is 9.76. The summed E-state index contributed by atoms with van der Waals surface area (Å²) in [6.45, 7) is 4.11. The van der Waals surface area contributed by atoms with Crippen molar-refractivity contribution in [3.63, 3.8) is 0 Å². The number of amides is 1. The molecule has 1 aliphatic carbocycles. The number of benzene rings is 1. The number of pyridine rings is 2. The van der Waals surface area contributed by atoms with Crippen LogP contribution >= 0.6 is 0 Å². The molecule has 7 heteroatoms. The number of aromatic nitrogens is 2. The number of nitrogens with one attached hydrogen (secondary N) is 1. The van der Waals surface area contributed by atoms with Gasteiger partial charge in [0, 0.05) is 30.7 Å². The second kappa shape index (κ2) is 9.06. The van der Waals surface area contributed by atoms with Gasteiger partial charge in [0.25, 0.3) is 5.91 Å². The molecule has 1 aliphatic heterocycles. The standard InChI is InChI=1S/C26H30FN5O/c1-16-10-17(12-18(28)11-16)20-6-7-29-15-24(20)31-26(33)21-4-5-23(27)22-13-19(14-30-25(21)22)32-8-2-3-9-32/h4-7,13-18H,2-3,8-12,28H2,1H3,(H,31,33). The van der Waals surface area contributed by atoms with Crippen LogP contribution < -0.4 is 16.0 Å². The highest BCUT2D eigenvalue weighted by atomic mass is 19.1. The van der Waals surface area contributed by atoms with E-state index in [4.69, 9.17) is 5.73 Å². The summed E-state index contributed by atoms with van der Waals surface area (Å²) >= 11 is 0. The van der Waals surface area contributed by atoms with Crippen LogP contribution in [0.25, 0.3) is 10.9 Å².